The summed E-state index contributed by atoms with van der Waals surface area (Å²) >= 11 is 0. The molecule has 2 aromatic rings. The highest BCUT2D eigenvalue weighted by molar-refractivity contribution is 5.68. The number of hydrogen-bond donors (Lipinski definition) is 0. The maximum Gasteiger partial charge on any atom is 0.0367 e. The van der Waals surface area contributed by atoms with E-state index in [-0.39, 0.29) is 0 Å². The summed E-state index contributed by atoms with van der Waals surface area (Å²) in [5.74, 6) is 0. The van der Waals surface area contributed by atoms with E-state index in [4.69, 9.17) is 0 Å². The molecular formula is C26H38N. The first-order chi connectivity index (χ1) is 13.2. The van der Waals surface area contributed by atoms with Crippen molar-refractivity contribution in [2.75, 3.05) is 19.0 Å². The second kappa shape index (κ2) is 12.6. The fourth-order valence-corrected chi connectivity index (χ4v) is 3.57. The van der Waals surface area contributed by atoms with Crippen LogP contribution in [0.2, 0.25) is 0 Å². The quantitative estimate of drug-likeness (QED) is 0.329. The first-order valence-electron chi connectivity index (χ1n) is 11.0. The third-order valence-electron chi connectivity index (χ3n) is 5.39. The van der Waals surface area contributed by atoms with Gasteiger partial charge in [-0.3, -0.25) is 0 Å². The average Bonchev–Trinajstić information content (AvgIpc) is 2.70. The molecule has 0 spiro atoms. The second-order valence-electron chi connectivity index (χ2n) is 7.98. The summed E-state index contributed by atoms with van der Waals surface area (Å²) < 4.78 is 0. The predicted molar refractivity (Wildman–Crippen MR) is 121 cm³/mol. The summed E-state index contributed by atoms with van der Waals surface area (Å²) in [5.41, 5.74) is 5.11. The lowest BCUT2D eigenvalue weighted by Gasteiger charge is -2.13. The molecule has 2 aromatic carbocycles. The topological polar surface area (TPSA) is 3.24 Å². The third-order valence-corrected chi connectivity index (χ3v) is 5.39. The van der Waals surface area contributed by atoms with Crippen molar-refractivity contribution < 1.29 is 0 Å². The Morgan fingerprint density at radius 3 is 1.93 bits per heavy atom. The Hall–Kier alpha value is -1.76. The number of anilines is 1. The maximum absolute atomic E-state index is 3.36. The van der Waals surface area contributed by atoms with E-state index >= 15 is 0 Å². The first kappa shape index (κ1) is 21.5. The van der Waals surface area contributed by atoms with Gasteiger partial charge in [0, 0.05) is 19.8 Å². The lowest BCUT2D eigenvalue weighted by Crippen LogP contribution is -2.08. The fourth-order valence-electron chi connectivity index (χ4n) is 3.57. The molecule has 1 radical (unpaired) electrons. The molecule has 0 saturated heterocycles. The van der Waals surface area contributed by atoms with Gasteiger partial charge in [0.25, 0.3) is 0 Å². The van der Waals surface area contributed by atoms with E-state index < -0.39 is 0 Å². The van der Waals surface area contributed by atoms with Crippen LogP contribution in [0.15, 0.2) is 42.5 Å². The Balaban J connectivity index is 1.65. The van der Waals surface area contributed by atoms with Crippen LogP contribution in [0.25, 0.3) is 11.1 Å². The van der Waals surface area contributed by atoms with Crippen LogP contribution >= 0.6 is 0 Å². The van der Waals surface area contributed by atoms with Gasteiger partial charge in [0.05, 0.1) is 0 Å². The van der Waals surface area contributed by atoms with Crippen molar-refractivity contribution >= 4 is 5.69 Å². The molecule has 0 amide bonds. The van der Waals surface area contributed by atoms with Crippen molar-refractivity contribution in [2.45, 2.75) is 77.6 Å². The SMILES string of the molecule is CCCCCCCCCCCCc1ccc(-c2[c]ccc(N(C)C)c2)cc1. The summed E-state index contributed by atoms with van der Waals surface area (Å²) in [6.07, 6.45) is 15.2. The Kier molecular flexibility index (Phi) is 10.0. The van der Waals surface area contributed by atoms with E-state index in [1.54, 1.807) is 0 Å². The molecule has 0 fully saturated rings. The largest absolute Gasteiger partial charge is 0.378 e. The molecule has 147 valence electrons. The van der Waals surface area contributed by atoms with Gasteiger partial charge < -0.3 is 4.90 Å². The Morgan fingerprint density at radius 2 is 1.33 bits per heavy atom. The lowest BCUT2D eigenvalue weighted by molar-refractivity contribution is 0.556. The molecule has 0 heterocycles. The van der Waals surface area contributed by atoms with Crippen molar-refractivity contribution in [1.29, 1.82) is 0 Å². The van der Waals surface area contributed by atoms with Gasteiger partial charge in [0.15, 0.2) is 0 Å². The van der Waals surface area contributed by atoms with E-state index in [2.05, 4.69) is 68.4 Å². The molecule has 0 aliphatic rings. The van der Waals surface area contributed by atoms with Crippen molar-refractivity contribution in [2.24, 2.45) is 0 Å². The highest BCUT2D eigenvalue weighted by atomic mass is 15.1. The van der Waals surface area contributed by atoms with Gasteiger partial charge in [-0.25, -0.2) is 0 Å². The van der Waals surface area contributed by atoms with Crippen LogP contribution in [0.3, 0.4) is 0 Å². The summed E-state index contributed by atoms with van der Waals surface area (Å²) in [6.45, 7) is 2.29. The number of unbranched alkanes of at least 4 members (excludes halogenated alkanes) is 9. The van der Waals surface area contributed by atoms with Gasteiger partial charge in [0.1, 0.15) is 0 Å². The Bertz CT molecular complexity index is 627. The Morgan fingerprint density at radius 1 is 0.741 bits per heavy atom. The standard InChI is InChI=1S/C26H38N/c1-4-5-6-7-8-9-10-11-12-13-15-23-18-20-24(21-19-23)25-16-14-17-26(22-25)27(2)3/h14,17-22H,4-13,15H2,1-3H3. The second-order valence-corrected chi connectivity index (χ2v) is 7.98. The Labute approximate surface area is 167 Å². The lowest BCUT2D eigenvalue weighted by atomic mass is 10.00. The van der Waals surface area contributed by atoms with Gasteiger partial charge in [-0.2, -0.15) is 0 Å². The van der Waals surface area contributed by atoms with E-state index in [9.17, 15) is 0 Å². The van der Waals surface area contributed by atoms with E-state index in [0.29, 0.717) is 0 Å². The minimum absolute atomic E-state index is 1.17. The van der Waals surface area contributed by atoms with Crippen LogP contribution in [0.5, 0.6) is 0 Å². The third kappa shape index (κ3) is 8.20. The highest BCUT2D eigenvalue weighted by Crippen LogP contribution is 2.24. The van der Waals surface area contributed by atoms with Gasteiger partial charge >= 0.3 is 0 Å². The van der Waals surface area contributed by atoms with Crippen LogP contribution < -0.4 is 4.90 Å². The molecular weight excluding hydrogens is 326 g/mol. The van der Waals surface area contributed by atoms with Gasteiger partial charge in [0.2, 0.25) is 0 Å². The molecule has 27 heavy (non-hydrogen) atoms. The average molecular weight is 365 g/mol. The number of hydrogen-bond acceptors (Lipinski definition) is 1. The molecule has 2 rings (SSSR count). The first-order valence-corrected chi connectivity index (χ1v) is 11.0. The summed E-state index contributed by atoms with van der Waals surface area (Å²) in [4.78, 5) is 2.14. The van der Waals surface area contributed by atoms with Crippen LogP contribution in [-0.2, 0) is 6.42 Å². The number of rotatable bonds is 13. The minimum Gasteiger partial charge on any atom is -0.378 e. The molecule has 0 aliphatic carbocycles. The van der Waals surface area contributed by atoms with Crippen molar-refractivity contribution in [3.8, 4) is 11.1 Å². The molecule has 0 N–H and O–H groups in total. The number of aryl methyl sites for hydroxylation is 1. The van der Waals surface area contributed by atoms with Crippen LogP contribution in [0, 0.1) is 6.07 Å². The monoisotopic (exact) mass is 364 g/mol. The normalized spacial score (nSPS) is 10.9. The smallest absolute Gasteiger partial charge is 0.0367 e. The van der Waals surface area contributed by atoms with Gasteiger partial charge in [-0.05, 0) is 47.7 Å². The zero-order valence-corrected chi connectivity index (χ0v) is 17.8. The van der Waals surface area contributed by atoms with Crippen LogP contribution in [0.4, 0.5) is 5.69 Å². The molecule has 0 bridgehead atoms. The van der Waals surface area contributed by atoms with E-state index in [1.807, 2.05) is 6.07 Å². The molecule has 0 atom stereocenters. The highest BCUT2D eigenvalue weighted by Gasteiger charge is 2.02. The van der Waals surface area contributed by atoms with Gasteiger partial charge in [-0.15, -0.1) is 0 Å². The zero-order chi connectivity index (χ0) is 19.3. The molecule has 1 heteroatoms. The van der Waals surface area contributed by atoms with E-state index in [1.165, 1.54) is 93.0 Å². The molecule has 0 saturated carbocycles. The molecule has 1 nitrogen and oxygen atoms in total. The summed E-state index contributed by atoms with van der Waals surface area (Å²) in [6, 6.07) is 18.8. The summed E-state index contributed by atoms with van der Waals surface area (Å²) in [5, 5.41) is 0. The van der Waals surface area contributed by atoms with Crippen LogP contribution in [0.1, 0.15) is 76.7 Å². The number of nitrogens with zero attached hydrogens (tertiary/aromatic N) is 1. The summed E-state index contributed by atoms with van der Waals surface area (Å²) in [7, 11) is 4.16. The van der Waals surface area contributed by atoms with E-state index in [0.717, 1.165) is 0 Å². The molecule has 0 aliphatic heterocycles. The molecule has 0 aromatic heterocycles. The van der Waals surface area contributed by atoms with Gasteiger partial charge in [-0.1, -0.05) is 95.0 Å². The van der Waals surface area contributed by atoms with Crippen molar-refractivity contribution in [3.63, 3.8) is 0 Å². The molecule has 0 unspecified atom stereocenters. The van der Waals surface area contributed by atoms with Crippen molar-refractivity contribution in [1.82, 2.24) is 0 Å². The fraction of sp³-hybridized carbons (Fsp3) is 0.538. The zero-order valence-electron chi connectivity index (χ0n) is 17.8. The predicted octanol–water partition coefficient (Wildman–Crippen LogP) is 7.68. The maximum atomic E-state index is 3.36. The van der Waals surface area contributed by atoms with Crippen molar-refractivity contribution in [3.05, 3.63) is 54.1 Å². The van der Waals surface area contributed by atoms with Crippen LogP contribution in [-0.4, -0.2) is 14.1 Å². The minimum atomic E-state index is 1.17. The number of benzene rings is 2.